The summed E-state index contributed by atoms with van der Waals surface area (Å²) in [7, 11) is 0. The lowest BCUT2D eigenvalue weighted by Gasteiger charge is -2.20. The third kappa shape index (κ3) is 7.62. The van der Waals surface area contributed by atoms with Gasteiger partial charge in [-0.2, -0.15) is 0 Å². The smallest absolute Gasteiger partial charge is 0.408 e. The van der Waals surface area contributed by atoms with E-state index < -0.39 is 23.7 Å². The molecule has 24 heavy (non-hydrogen) atoms. The van der Waals surface area contributed by atoms with Gasteiger partial charge in [0.1, 0.15) is 17.5 Å². The van der Waals surface area contributed by atoms with Gasteiger partial charge >= 0.3 is 12.1 Å². The van der Waals surface area contributed by atoms with Gasteiger partial charge in [-0.25, -0.2) is 9.59 Å². The van der Waals surface area contributed by atoms with Crippen LogP contribution in [0.5, 0.6) is 0 Å². The van der Waals surface area contributed by atoms with E-state index in [1.807, 2.05) is 31.2 Å². The van der Waals surface area contributed by atoms with E-state index in [4.69, 9.17) is 15.3 Å². The second kappa shape index (κ2) is 8.33. The summed E-state index contributed by atoms with van der Waals surface area (Å²) in [5.74, 6) is -0.565. The summed E-state index contributed by atoms with van der Waals surface area (Å²) in [5, 5.41) is 5.97. The number of ether oxygens (including phenoxy) is 1. The van der Waals surface area contributed by atoms with Crippen LogP contribution in [0.2, 0.25) is 0 Å². The lowest BCUT2D eigenvalue weighted by molar-refractivity contribution is -0.145. The van der Waals surface area contributed by atoms with Gasteiger partial charge in [0.25, 0.3) is 0 Å². The van der Waals surface area contributed by atoms with Crippen molar-refractivity contribution in [1.82, 2.24) is 5.32 Å². The SMILES string of the molecule is Cc1ccc(C/C(N)=N/OC(=O)[C@H](C)NC(=O)OC(C)(C)C)cc1. The predicted octanol–water partition coefficient (Wildman–Crippen LogP) is 2.27. The number of alkyl carbamates (subject to hydrolysis) is 1. The molecular formula is C17H25N3O4. The highest BCUT2D eigenvalue weighted by molar-refractivity contribution is 5.84. The Morgan fingerprint density at radius 3 is 2.38 bits per heavy atom. The van der Waals surface area contributed by atoms with Crippen LogP contribution in [0.15, 0.2) is 29.4 Å². The first-order chi connectivity index (χ1) is 11.1. The van der Waals surface area contributed by atoms with E-state index in [-0.39, 0.29) is 5.84 Å². The van der Waals surface area contributed by atoms with Crippen LogP contribution in [0.25, 0.3) is 0 Å². The predicted molar refractivity (Wildman–Crippen MR) is 91.4 cm³/mol. The molecule has 7 heteroatoms. The maximum absolute atomic E-state index is 11.8. The minimum Gasteiger partial charge on any atom is -0.444 e. The highest BCUT2D eigenvalue weighted by atomic mass is 16.7. The zero-order chi connectivity index (χ0) is 18.3. The van der Waals surface area contributed by atoms with Crippen LogP contribution in [0.4, 0.5) is 4.79 Å². The molecule has 0 heterocycles. The summed E-state index contributed by atoms with van der Waals surface area (Å²) in [4.78, 5) is 28.1. The van der Waals surface area contributed by atoms with E-state index in [1.54, 1.807) is 20.8 Å². The Morgan fingerprint density at radius 1 is 1.25 bits per heavy atom. The van der Waals surface area contributed by atoms with Crippen LogP contribution in [0.1, 0.15) is 38.8 Å². The maximum Gasteiger partial charge on any atom is 0.408 e. The van der Waals surface area contributed by atoms with Gasteiger partial charge < -0.3 is 20.6 Å². The molecule has 0 unspecified atom stereocenters. The fourth-order valence-corrected chi connectivity index (χ4v) is 1.67. The van der Waals surface area contributed by atoms with Gasteiger partial charge in [0.2, 0.25) is 0 Å². The van der Waals surface area contributed by atoms with Crippen LogP contribution in [0.3, 0.4) is 0 Å². The molecule has 1 rings (SSSR count). The van der Waals surface area contributed by atoms with Crippen LogP contribution in [-0.2, 0) is 20.8 Å². The molecule has 0 aliphatic carbocycles. The minimum atomic E-state index is -0.907. The van der Waals surface area contributed by atoms with Crippen molar-refractivity contribution in [3.05, 3.63) is 35.4 Å². The maximum atomic E-state index is 11.8. The molecule has 0 spiro atoms. The number of amidine groups is 1. The molecule has 0 bridgehead atoms. The average Bonchev–Trinajstić information content (AvgIpc) is 2.45. The average molecular weight is 335 g/mol. The zero-order valence-corrected chi connectivity index (χ0v) is 14.8. The molecular weight excluding hydrogens is 310 g/mol. The Hall–Kier alpha value is -2.57. The van der Waals surface area contributed by atoms with Crippen molar-refractivity contribution < 1.29 is 19.2 Å². The summed E-state index contributed by atoms with van der Waals surface area (Å²) >= 11 is 0. The molecule has 0 saturated heterocycles. The van der Waals surface area contributed by atoms with E-state index in [1.165, 1.54) is 6.92 Å². The monoisotopic (exact) mass is 335 g/mol. The van der Waals surface area contributed by atoms with Crippen LogP contribution >= 0.6 is 0 Å². The van der Waals surface area contributed by atoms with Crippen LogP contribution in [0, 0.1) is 6.92 Å². The molecule has 0 aliphatic heterocycles. The third-order valence-corrected chi connectivity index (χ3v) is 2.85. The highest BCUT2D eigenvalue weighted by Gasteiger charge is 2.22. The molecule has 0 aromatic heterocycles. The lowest BCUT2D eigenvalue weighted by atomic mass is 10.1. The Balaban J connectivity index is 2.48. The van der Waals surface area contributed by atoms with Crippen LogP contribution < -0.4 is 11.1 Å². The van der Waals surface area contributed by atoms with Crippen molar-refractivity contribution in [1.29, 1.82) is 0 Å². The summed E-state index contributed by atoms with van der Waals surface area (Å²) in [6, 6.07) is 6.86. The van der Waals surface area contributed by atoms with Crippen molar-refractivity contribution in [2.24, 2.45) is 10.9 Å². The van der Waals surface area contributed by atoms with Gasteiger partial charge in [-0.15, -0.1) is 0 Å². The number of amides is 1. The first-order valence-corrected chi connectivity index (χ1v) is 7.65. The number of nitrogens with one attached hydrogen (secondary N) is 1. The van der Waals surface area contributed by atoms with Crippen molar-refractivity contribution in [2.45, 2.75) is 52.7 Å². The number of carbonyl (C=O) groups excluding carboxylic acids is 2. The number of oxime groups is 1. The van der Waals surface area contributed by atoms with Crippen molar-refractivity contribution >= 4 is 17.9 Å². The topological polar surface area (TPSA) is 103 Å². The van der Waals surface area contributed by atoms with Gasteiger partial charge in [-0.05, 0) is 40.2 Å². The van der Waals surface area contributed by atoms with Gasteiger partial charge in [0, 0.05) is 6.42 Å². The fourth-order valence-electron chi connectivity index (χ4n) is 1.67. The van der Waals surface area contributed by atoms with E-state index in [0.717, 1.165) is 11.1 Å². The second-order valence-electron chi connectivity index (χ2n) is 6.52. The Morgan fingerprint density at radius 2 is 1.83 bits per heavy atom. The number of nitrogens with zero attached hydrogens (tertiary/aromatic N) is 1. The number of hydrogen-bond acceptors (Lipinski definition) is 5. The minimum absolute atomic E-state index is 0.164. The first kappa shape index (κ1) is 19.5. The number of rotatable bonds is 5. The summed E-state index contributed by atoms with van der Waals surface area (Å²) in [5.41, 5.74) is 7.19. The van der Waals surface area contributed by atoms with Crippen molar-refractivity contribution in [2.75, 3.05) is 0 Å². The van der Waals surface area contributed by atoms with Gasteiger partial charge in [-0.3, -0.25) is 0 Å². The van der Waals surface area contributed by atoms with Crippen molar-refractivity contribution in [3.8, 4) is 0 Å². The van der Waals surface area contributed by atoms with Gasteiger partial charge in [0.15, 0.2) is 0 Å². The molecule has 1 atom stereocenters. The fraction of sp³-hybridized carbons (Fsp3) is 0.471. The summed E-state index contributed by atoms with van der Waals surface area (Å²) in [6.45, 7) is 8.64. The molecule has 1 aromatic carbocycles. The quantitative estimate of drug-likeness (QED) is 0.372. The Kier molecular flexibility index (Phi) is 6.76. The summed E-state index contributed by atoms with van der Waals surface area (Å²) < 4.78 is 5.05. The normalized spacial score (nSPS) is 13.1. The largest absolute Gasteiger partial charge is 0.444 e. The number of nitrogens with two attached hydrogens (primary N) is 1. The number of carbonyl (C=O) groups is 2. The standard InChI is InChI=1S/C17H25N3O4/c1-11-6-8-13(9-7-11)10-14(18)20-24-15(21)12(2)19-16(22)23-17(3,4)5/h6-9,12H,10H2,1-5H3,(H2,18,20)(H,19,22)/t12-/m0/s1. The van der Waals surface area contributed by atoms with Crippen LogP contribution in [-0.4, -0.2) is 29.5 Å². The molecule has 0 saturated carbocycles. The number of hydrogen-bond donors (Lipinski definition) is 2. The molecule has 0 aliphatic rings. The molecule has 7 nitrogen and oxygen atoms in total. The van der Waals surface area contributed by atoms with E-state index in [0.29, 0.717) is 6.42 Å². The second-order valence-corrected chi connectivity index (χ2v) is 6.52. The van der Waals surface area contributed by atoms with Gasteiger partial charge in [0.05, 0.1) is 0 Å². The number of benzene rings is 1. The zero-order valence-electron chi connectivity index (χ0n) is 14.8. The first-order valence-electron chi connectivity index (χ1n) is 7.65. The van der Waals surface area contributed by atoms with Gasteiger partial charge in [-0.1, -0.05) is 35.0 Å². The Bertz CT molecular complexity index is 603. The van der Waals surface area contributed by atoms with E-state index in [2.05, 4.69) is 10.5 Å². The number of aryl methyl sites for hydroxylation is 1. The van der Waals surface area contributed by atoms with Crippen molar-refractivity contribution in [3.63, 3.8) is 0 Å². The molecule has 132 valence electrons. The summed E-state index contributed by atoms with van der Waals surface area (Å²) in [6.07, 6.45) is -0.343. The molecule has 0 fully saturated rings. The molecule has 1 aromatic rings. The van der Waals surface area contributed by atoms with E-state index >= 15 is 0 Å². The Labute approximate surface area is 142 Å². The van der Waals surface area contributed by atoms with E-state index in [9.17, 15) is 9.59 Å². The molecule has 0 radical (unpaired) electrons. The highest BCUT2D eigenvalue weighted by Crippen LogP contribution is 2.07. The third-order valence-electron chi connectivity index (χ3n) is 2.85. The lowest BCUT2D eigenvalue weighted by Crippen LogP contribution is -2.42. The molecule has 3 N–H and O–H groups in total. The molecule has 1 amide bonds.